The van der Waals surface area contributed by atoms with E-state index in [1.165, 1.54) is 24.6 Å². The highest BCUT2D eigenvalue weighted by molar-refractivity contribution is 6.03. The Kier molecular flexibility index (Phi) is 3.34. The Morgan fingerprint density at radius 1 is 1.19 bits per heavy atom. The first-order valence-corrected chi connectivity index (χ1v) is 6.22. The summed E-state index contributed by atoms with van der Waals surface area (Å²) in [4.78, 5) is 29.6. The van der Waals surface area contributed by atoms with Crippen LogP contribution in [0.2, 0.25) is 0 Å². The molecule has 0 fully saturated rings. The van der Waals surface area contributed by atoms with Crippen LogP contribution in [0.25, 0.3) is 11.3 Å². The maximum absolute atomic E-state index is 12.0. The SMILES string of the molecule is O=C(Nc1cccc(-c2cnco2)c1)c1cccc(=O)[nH]1. The van der Waals surface area contributed by atoms with Crippen molar-refractivity contribution in [3.8, 4) is 11.3 Å². The highest BCUT2D eigenvalue weighted by Crippen LogP contribution is 2.22. The number of aromatic nitrogens is 2. The van der Waals surface area contributed by atoms with Crippen LogP contribution in [-0.2, 0) is 0 Å². The standard InChI is InChI=1S/C15H11N3O3/c19-14-6-2-5-12(18-14)15(20)17-11-4-1-3-10(7-11)13-8-16-9-21-13/h1-9H,(H,17,20)(H,18,19). The Morgan fingerprint density at radius 2 is 2.05 bits per heavy atom. The van der Waals surface area contributed by atoms with Crippen molar-refractivity contribution in [1.29, 1.82) is 0 Å². The van der Waals surface area contributed by atoms with E-state index in [1.54, 1.807) is 24.4 Å². The normalized spacial score (nSPS) is 10.3. The molecule has 0 aliphatic heterocycles. The average molecular weight is 281 g/mol. The average Bonchev–Trinajstić information content (AvgIpc) is 3.02. The zero-order valence-corrected chi connectivity index (χ0v) is 10.9. The molecule has 1 amide bonds. The Balaban J connectivity index is 1.84. The Labute approximate surface area is 119 Å². The van der Waals surface area contributed by atoms with E-state index in [1.807, 2.05) is 6.07 Å². The van der Waals surface area contributed by atoms with Crippen LogP contribution in [-0.4, -0.2) is 15.9 Å². The smallest absolute Gasteiger partial charge is 0.272 e. The lowest BCUT2D eigenvalue weighted by Gasteiger charge is -2.06. The van der Waals surface area contributed by atoms with Gasteiger partial charge in [0.25, 0.3) is 5.91 Å². The van der Waals surface area contributed by atoms with Crippen LogP contribution >= 0.6 is 0 Å². The second kappa shape index (κ2) is 5.46. The third kappa shape index (κ3) is 2.89. The fourth-order valence-electron chi connectivity index (χ4n) is 1.89. The van der Waals surface area contributed by atoms with Crippen molar-refractivity contribution in [2.75, 3.05) is 5.32 Å². The van der Waals surface area contributed by atoms with Crippen molar-refractivity contribution >= 4 is 11.6 Å². The number of oxazole rings is 1. The molecule has 3 aromatic rings. The van der Waals surface area contributed by atoms with Crippen molar-refractivity contribution in [2.24, 2.45) is 0 Å². The van der Waals surface area contributed by atoms with Gasteiger partial charge in [-0.1, -0.05) is 18.2 Å². The number of H-pyrrole nitrogens is 1. The molecular formula is C15H11N3O3. The van der Waals surface area contributed by atoms with Crippen molar-refractivity contribution in [2.45, 2.75) is 0 Å². The molecule has 0 aliphatic rings. The fraction of sp³-hybridized carbons (Fsp3) is 0. The molecule has 6 nitrogen and oxygen atoms in total. The minimum absolute atomic E-state index is 0.201. The predicted molar refractivity (Wildman–Crippen MR) is 77.0 cm³/mol. The van der Waals surface area contributed by atoms with Crippen molar-refractivity contribution in [1.82, 2.24) is 9.97 Å². The number of benzene rings is 1. The molecule has 0 saturated heterocycles. The number of carbonyl (C=O) groups excluding carboxylic acids is 1. The van der Waals surface area contributed by atoms with Gasteiger partial charge < -0.3 is 14.7 Å². The second-order valence-corrected chi connectivity index (χ2v) is 4.33. The summed E-state index contributed by atoms with van der Waals surface area (Å²) in [5.74, 6) is 0.224. The number of pyridine rings is 1. The van der Waals surface area contributed by atoms with E-state index >= 15 is 0 Å². The largest absolute Gasteiger partial charge is 0.444 e. The minimum atomic E-state index is -0.387. The number of carbonyl (C=O) groups is 1. The molecule has 6 heteroatoms. The second-order valence-electron chi connectivity index (χ2n) is 4.33. The minimum Gasteiger partial charge on any atom is -0.444 e. The number of anilines is 1. The summed E-state index contributed by atoms with van der Waals surface area (Å²) in [5.41, 5.74) is 1.27. The highest BCUT2D eigenvalue weighted by atomic mass is 16.3. The van der Waals surface area contributed by atoms with Gasteiger partial charge in [-0.25, -0.2) is 4.98 Å². The summed E-state index contributed by atoms with van der Waals surface area (Å²) < 4.78 is 5.21. The summed E-state index contributed by atoms with van der Waals surface area (Å²) in [7, 11) is 0. The zero-order chi connectivity index (χ0) is 14.7. The van der Waals surface area contributed by atoms with E-state index in [0.29, 0.717) is 11.4 Å². The van der Waals surface area contributed by atoms with Crippen LogP contribution in [0.1, 0.15) is 10.5 Å². The summed E-state index contributed by atoms with van der Waals surface area (Å²) >= 11 is 0. The number of nitrogens with zero attached hydrogens (tertiary/aromatic N) is 1. The van der Waals surface area contributed by atoms with Crippen molar-refractivity contribution < 1.29 is 9.21 Å². The van der Waals surface area contributed by atoms with Gasteiger partial charge in [-0.3, -0.25) is 9.59 Å². The third-order valence-electron chi connectivity index (χ3n) is 2.85. The first-order valence-electron chi connectivity index (χ1n) is 6.22. The Morgan fingerprint density at radius 3 is 2.81 bits per heavy atom. The number of amides is 1. The van der Waals surface area contributed by atoms with Crippen LogP contribution in [0.15, 0.2) is 64.3 Å². The molecule has 0 atom stereocenters. The first-order chi connectivity index (χ1) is 10.2. The lowest BCUT2D eigenvalue weighted by Crippen LogP contribution is -2.17. The van der Waals surface area contributed by atoms with Gasteiger partial charge in [0.1, 0.15) is 5.69 Å². The van der Waals surface area contributed by atoms with E-state index in [9.17, 15) is 9.59 Å². The van der Waals surface area contributed by atoms with Crippen LogP contribution in [0, 0.1) is 0 Å². The molecule has 21 heavy (non-hydrogen) atoms. The first kappa shape index (κ1) is 12.9. The predicted octanol–water partition coefficient (Wildman–Crippen LogP) is 2.28. The summed E-state index contributed by atoms with van der Waals surface area (Å²) in [5, 5.41) is 2.72. The molecule has 2 heterocycles. The van der Waals surface area contributed by atoms with Gasteiger partial charge in [0.2, 0.25) is 5.56 Å². The van der Waals surface area contributed by atoms with Crippen LogP contribution in [0.4, 0.5) is 5.69 Å². The molecule has 0 spiro atoms. The van der Waals surface area contributed by atoms with Gasteiger partial charge in [-0.15, -0.1) is 0 Å². The molecule has 0 aliphatic carbocycles. The molecular weight excluding hydrogens is 270 g/mol. The van der Waals surface area contributed by atoms with Crippen molar-refractivity contribution in [3.63, 3.8) is 0 Å². The summed E-state index contributed by atoms with van der Waals surface area (Å²) in [6.07, 6.45) is 2.94. The highest BCUT2D eigenvalue weighted by Gasteiger charge is 2.08. The lowest BCUT2D eigenvalue weighted by molar-refractivity contribution is 0.102. The molecule has 2 N–H and O–H groups in total. The number of nitrogens with one attached hydrogen (secondary N) is 2. The van der Waals surface area contributed by atoms with Crippen LogP contribution < -0.4 is 10.9 Å². The van der Waals surface area contributed by atoms with E-state index in [4.69, 9.17) is 4.42 Å². The van der Waals surface area contributed by atoms with Crippen LogP contribution in [0.3, 0.4) is 0 Å². The summed E-state index contributed by atoms with van der Waals surface area (Å²) in [6, 6.07) is 11.6. The quantitative estimate of drug-likeness (QED) is 0.771. The molecule has 2 aromatic heterocycles. The van der Waals surface area contributed by atoms with E-state index in [2.05, 4.69) is 15.3 Å². The van der Waals surface area contributed by atoms with Gasteiger partial charge in [0.05, 0.1) is 6.20 Å². The topological polar surface area (TPSA) is 88.0 Å². The molecule has 1 aromatic carbocycles. The molecule has 0 saturated carbocycles. The number of rotatable bonds is 3. The van der Waals surface area contributed by atoms with Crippen LogP contribution in [0.5, 0.6) is 0 Å². The lowest BCUT2D eigenvalue weighted by atomic mass is 10.1. The fourth-order valence-corrected chi connectivity index (χ4v) is 1.89. The van der Waals surface area contributed by atoms with Gasteiger partial charge in [-0.2, -0.15) is 0 Å². The molecule has 0 radical (unpaired) electrons. The van der Waals surface area contributed by atoms with Gasteiger partial charge in [-0.05, 0) is 18.2 Å². The molecule has 0 unspecified atom stereocenters. The molecule has 3 rings (SSSR count). The van der Waals surface area contributed by atoms with Crippen molar-refractivity contribution in [3.05, 3.63) is 71.1 Å². The zero-order valence-electron chi connectivity index (χ0n) is 10.9. The van der Waals surface area contributed by atoms with E-state index < -0.39 is 0 Å². The number of hydrogen-bond acceptors (Lipinski definition) is 4. The van der Waals surface area contributed by atoms with Gasteiger partial charge in [0.15, 0.2) is 12.2 Å². The van der Waals surface area contributed by atoms with Gasteiger partial charge in [0, 0.05) is 17.3 Å². The number of aromatic amines is 1. The number of hydrogen-bond donors (Lipinski definition) is 2. The maximum atomic E-state index is 12.0. The van der Waals surface area contributed by atoms with Gasteiger partial charge >= 0.3 is 0 Å². The molecule has 104 valence electrons. The Hall–Kier alpha value is -3.15. The third-order valence-corrected chi connectivity index (χ3v) is 2.85. The summed E-state index contributed by atoms with van der Waals surface area (Å²) in [6.45, 7) is 0. The van der Waals surface area contributed by atoms with E-state index in [-0.39, 0.29) is 17.2 Å². The maximum Gasteiger partial charge on any atom is 0.272 e. The van der Waals surface area contributed by atoms with E-state index in [0.717, 1.165) is 5.56 Å². The molecule has 0 bridgehead atoms. The Bertz CT molecular complexity index is 822. The monoisotopic (exact) mass is 281 g/mol.